The minimum atomic E-state index is -3.62. The highest BCUT2D eigenvalue weighted by atomic mass is 32.2. The molecule has 152 valence electrons. The molecule has 7 nitrogen and oxygen atoms in total. The van der Waals surface area contributed by atoms with Crippen LogP contribution in [0.3, 0.4) is 0 Å². The fourth-order valence-electron chi connectivity index (χ4n) is 3.81. The van der Waals surface area contributed by atoms with Crippen LogP contribution in [0, 0.1) is 18.8 Å². The monoisotopic (exact) mass is 406 g/mol. The van der Waals surface area contributed by atoms with Gasteiger partial charge < -0.3 is 10.4 Å². The Kier molecular flexibility index (Phi) is 6.20. The second-order valence-electron chi connectivity index (χ2n) is 7.43. The highest BCUT2D eigenvalue weighted by Gasteiger charge is 2.34. The van der Waals surface area contributed by atoms with Gasteiger partial charge in [0.2, 0.25) is 15.9 Å². The third-order valence-electron chi connectivity index (χ3n) is 5.47. The second kappa shape index (κ2) is 8.45. The molecule has 1 aromatic rings. The first-order chi connectivity index (χ1) is 13.3. The van der Waals surface area contributed by atoms with Gasteiger partial charge in [-0.15, -0.1) is 0 Å². The summed E-state index contributed by atoms with van der Waals surface area (Å²) in [6.07, 6.45) is 6.98. The molecule has 1 aliphatic carbocycles. The molecule has 1 amide bonds. The third-order valence-corrected chi connectivity index (χ3v) is 7.52. The van der Waals surface area contributed by atoms with Gasteiger partial charge in [-0.05, 0) is 50.3 Å². The summed E-state index contributed by atoms with van der Waals surface area (Å²) in [6, 6.07) is 4.80. The van der Waals surface area contributed by atoms with E-state index in [0.29, 0.717) is 37.2 Å². The molecule has 0 bridgehead atoms. The average Bonchev–Trinajstić information content (AvgIpc) is 2.70. The van der Waals surface area contributed by atoms with Gasteiger partial charge in [-0.25, -0.2) is 8.42 Å². The first kappa shape index (κ1) is 20.5. The Morgan fingerprint density at radius 3 is 2.36 bits per heavy atom. The zero-order chi connectivity index (χ0) is 20.3. The smallest absolute Gasteiger partial charge is 0.307 e. The molecule has 1 aromatic carbocycles. The maximum Gasteiger partial charge on any atom is 0.307 e. The summed E-state index contributed by atoms with van der Waals surface area (Å²) >= 11 is 0. The number of sulfonamides is 1. The van der Waals surface area contributed by atoms with Gasteiger partial charge >= 0.3 is 5.97 Å². The van der Waals surface area contributed by atoms with Crippen molar-refractivity contribution in [3.05, 3.63) is 35.9 Å². The van der Waals surface area contributed by atoms with Crippen LogP contribution in [0.1, 0.15) is 37.7 Å². The molecule has 1 fully saturated rings. The molecule has 2 atom stereocenters. The molecule has 2 aliphatic rings. The van der Waals surface area contributed by atoms with Crippen LogP contribution >= 0.6 is 0 Å². The lowest BCUT2D eigenvalue weighted by molar-refractivity contribution is -0.146. The fourth-order valence-corrected chi connectivity index (χ4v) is 5.58. The largest absolute Gasteiger partial charge is 0.481 e. The summed E-state index contributed by atoms with van der Waals surface area (Å²) in [7, 11) is -3.62. The summed E-state index contributed by atoms with van der Waals surface area (Å²) in [5.41, 5.74) is 0.984. The van der Waals surface area contributed by atoms with Gasteiger partial charge in [0.05, 0.1) is 16.7 Å². The van der Waals surface area contributed by atoms with Crippen molar-refractivity contribution in [2.75, 3.05) is 18.4 Å². The van der Waals surface area contributed by atoms with E-state index >= 15 is 0 Å². The molecule has 0 unspecified atom stereocenters. The van der Waals surface area contributed by atoms with E-state index in [1.165, 1.54) is 10.4 Å². The lowest BCUT2D eigenvalue weighted by Crippen LogP contribution is -2.36. The molecule has 0 aromatic heterocycles. The van der Waals surface area contributed by atoms with Crippen LogP contribution < -0.4 is 5.32 Å². The molecule has 1 aliphatic heterocycles. The molecule has 0 radical (unpaired) electrons. The van der Waals surface area contributed by atoms with Crippen molar-refractivity contribution >= 4 is 27.6 Å². The number of benzene rings is 1. The molecule has 0 saturated carbocycles. The number of nitrogens with one attached hydrogen (secondary N) is 1. The Labute approximate surface area is 165 Å². The number of carboxylic acid groups (broad SMARTS) is 1. The number of carbonyl (C=O) groups is 2. The van der Waals surface area contributed by atoms with E-state index in [-0.39, 0.29) is 4.90 Å². The Morgan fingerprint density at radius 1 is 1.07 bits per heavy atom. The van der Waals surface area contributed by atoms with Crippen LogP contribution in [-0.2, 0) is 19.6 Å². The number of rotatable bonds is 5. The van der Waals surface area contributed by atoms with Gasteiger partial charge in [-0.1, -0.05) is 24.6 Å². The Morgan fingerprint density at radius 2 is 1.71 bits per heavy atom. The Hall–Kier alpha value is -2.19. The lowest BCUT2D eigenvalue weighted by atomic mass is 9.82. The molecule has 3 rings (SSSR count). The zero-order valence-electron chi connectivity index (χ0n) is 15.9. The highest BCUT2D eigenvalue weighted by molar-refractivity contribution is 7.89. The number of hydrogen-bond donors (Lipinski definition) is 2. The number of aryl methyl sites for hydroxylation is 1. The Bertz CT molecular complexity index is 888. The summed E-state index contributed by atoms with van der Waals surface area (Å²) in [5, 5.41) is 12.1. The number of anilines is 1. The minimum Gasteiger partial charge on any atom is -0.481 e. The van der Waals surface area contributed by atoms with Crippen LogP contribution in [0.5, 0.6) is 0 Å². The van der Waals surface area contributed by atoms with Crippen molar-refractivity contribution in [1.82, 2.24) is 4.31 Å². The summed E-state index contributed by atoms with van der Waals surface area (Å²) in [5.74, 6) is -2.85. The van der Waals surface area contributed by atoms with E-state index in [4.69, 9.17) is 0 Å². The number of amides is 1. The standard InChI is InChI=1S/C20H26N2O5S/c1-14-9-10-15(13-18(14)28(26,27)22-11-5-2-6-12-22)21-19(23)16-7-3-4-8-17(16)20(24)25/h3-4,9-10,13,16-17H,2,5-8,11-12H2,1H3,(H,21,23)(H,24,25)/t16-,17-/m0/s1. The lowest BCUT2D eigenvalue weighted by Gasteiger charge is -2.27. The van der Waals surface area contributed by atoms with E-state index in [9.17, 15) is 23.1 Å². The molecular formula is C20H26N2O5S. The molecule has 28 heavy (non-hydrogen) atoms. The van der Waals surface area contributed by atoms with E-state index in [1.54, 1.807) is 25.1 Å². The number of piperidine rings is 1. The van der Waals surface area contributed by atoms with E-state index < -0.39 is 33.7 Å². The van der Waals surface area contributed by atoms with Gasteiger partial charge in [0.25, 0.3) is 0 Å². The number of allylic oxidation sites excluding steroid dienone is 2. The zero-order valence-corrected chi connectivity index (χ0v) is 16.7. The number of hydrogen-bond acceptors (Lipinski definition) is 4. The predicted octanol–water partition coefficient (Wildman–Crippen LogP) is 2.78. The highest BCUT2D eigenvalue weighted by Crippen LogP contribution is 2.29. The number of nitrogens with zero attached hydrogens (tertiary/aromatic N) is 1. The quantitative estimate of drug-likeness (QED) is 0.732. The minimum absolute atomic E-state index is 0.186. The van der Waals surface area contributed by atoms with Crippen LogP contribution in [0.4, 0.5) is 5.69 Å². The van der Waals surface area contributed by atoms with Gasteiger partial charge in [0.15, 0.2) is 0 Å². The fraction of sp³-hybridized carbons (Fsp3) is 0.500. The maximum atomic E-state index is 13.0. The maximum absolute atomic E-state index is 13.0. The molecule has 8 heteroatoms. The van der Waals surface area contributed by atoms with Gasteiger partial charge in [-0.2, -0.15) is 4.31 Å². The Balaban J connectivity index is 1.82. The molecule has 2 N–H and O–H groups in total. The number of carbonyl (C=O) groups excluding carboxylic acids is 1. The van der Waals surface area contributed by atoms with Crippen molar-refractivity contribution in [3.8, 4) is 0 Å². The molecule has 1 heterocycles. The van der Waals surface area contributed by atoms with Crippen molar-refractivity contribution in [2.24, 2.45) is 11.8 Å². The average molecular weight is 407 g/mol. The third kappa shape index (κ3) is 4.28. The molecule has 1 saturated heterocycles. The van der Waals surface area contributed by atoms with Crippen LogP contribution in [0.15, 0.2) is 35.2 Å². The van der Waals surface area contributed by atoms with Gasteiger partial charge in [0.1, 0.15) is 0 Å². The molecule has 0 spiro atoms. The second-order valence-corrected chi connectivity index (χ2v) is 9.33. The van der Waals surface area contributed by atoms with Crippen LogP contribution in [0.25, 0.3) is 0 Å². The predicted molar refractivity (Wildman–Crippen MR) is 105 cm³/mol. The van der Waals surface area contributed by atoms with Crippen molar-refractivity contribution in [2.45, 2.75) is 43.9 Å². The van der Waals surface area contributed by atoms with Crippen molar-refractivity contribution in [3.63, 3.8) is 0 Å². The van der Waals surface area contributed by atoms with Crippen LogP contribution in [-0.4, -0.2) is 42.8 Å². The van der Waals surface area contributed by atoms with Crippen molar-refractivity contribution < 1.29 is 23.1 Å². The first-order valence-corrected chi connectivity index (χ1v) is 11.0. The van der Waals surface area contributed by atoms with Gasteiger partial charge in [0, 0.05) is 18.8 Å². The first-order valence-electron chi connectivity index (χ1n) is 9.60. The SMILES string of the molecule is Cc1ccc(NC(=O)[C@H]2CC=CC[C@@H]2C(=O)O)cc1S(=O)(=O)N1CCCCC1. The van der Waals surface area contributed by atoms with Gasteiger partial charge in [-0.3, -0.25) is 9.59 Å². The summed E-state index contributed by atoms with van der Waals surface area (Å²) in [6.45, 7) is 2.74. The van der Waals surface area contributed by atoms with Crippen molar-refractivity contribution in [1.29, 1.82) is 0 Å². The number of aliphatic carboxylic acids is 1. The molecular weight excluding hydrogens is 380 g/mol. The van der Waals surface area contributed by atoms with E-state index in [2.05, 4.69) is 5.32 Å². The van der Waals surface area contributed by atoms with E-state index in [1.807, 2.05) is 6.08 Å². The van der Waals surface area contributed by atoms with E-state index in [0.717, 1.165) is 19.3 Å². The number of carboxylic acids is 1. The summed E-state index contributed by atoms with van der Waals surface area (Å²) in [4.78, 5) is 24.3. The van der Waals surface area contributed by atoms with Crippen LogP contribution in [0.2, 0.25) is 0 Å². The summed E-state index contributed by atoms with van der Waals surface area (Å²) < 4.78 is 27.5. The normalized spacial score (nSPS) is 23.3. The topological polar surface area (TPSA) is 104 Å².